The van der Waals surface area contributed by atoms with Gasteiger partial charge in [-0.25, -0.2) is 0 Å². The zero-order chi connectivity index (χ0) is 16.7. The van der Waals surface area contributed by atoms with Crippen LogP contribution in [0.4, 0.5) is 0 Å². The van der Waals surface area contributed by atoms with Gasteiger partial charge in [-0.1, -0.05) is 35.5 Å². The van der Waals surface area contributed by atoms with E-state index in [1.165, 1.54) is 6.42 Å². The van der Waals surface area contributed by atoms with Crippen molar-refractivity contribution < 1.29 is 9.26 Å². The highest BCUT2D eigenvalue weighted by atomic mass is 35.5. The first-order valence-corrected chi connectivity index (χ1v) is 8.70. The van der Waals surface area contributed by atoms with Gasteiger partial charge in [0.25, 0.3) is 0 Å². The Bertz CT molecular complexity index is 891. The van der Waals surface area contributed by atoms with Crippen molar-refractivity contribution in [1.29, 1.82) is 0 Å². The Morgan fingerprint density at radius 3 is 2.73 bits per heavy atom. The Balaban J connectivity index is 0.00000168. The van der Waals surface area contributed by atoms with Crippen LogP contribution in [0.3, 0.4) is 0 Å². The molecule has 2 heterocycles. The van der Waals surface area contributed by atoms with Crippen molar-refractivity contribution in [3.63, 3.8) is 0 Å². The van der Waals surface area contributed by atoms with Crippen LogP contribution in [0.1, 0.15) is 24.7 Å². The minimum absolute atomic E-state index is 0. The van der Waals surface area contributed by atoms with Gasteiger partial charge < -0.3 is 14.6 Å². The molecule has 6 heteroatoms. The summed E-state index contributed by atoms with van der Waals surface area (Å²) in [5.41, 5.74) is 1.27. The van der Waals surface area contributed by atoms with Gasteiger partial charge in [0.15, 0.2) is 0 Å². The second-order valence-corrected chi connectivity index (χ2v) is 6.95. The Morgan fingerprint density at radius 1 is 1.08 bits per heavy atom. The highest BCUT2D eigenvalue weighted by Crippen LogP contribution is 2.62. The number of nitrogens with one attached hydrogen (secondary N) is 1. The summed E-state index contributed by atoms with van der Waals surface area (Å²) in [4.78, 5) is 4.65. The fourth-order valence-corrected chi connectivity index (χ4v) is 3.75. The van der Waals surface area contributed by atoms with Crippen molar-refractivity contribution in [3.8, 4) is 22.9 Å². The van der Waals surface area contributed by atoms with Crippen LogP contribution in [0.25, 0.3) is 11.4 Å². The smallest absolute Gasteiger partial charge is 0.230 e. The van der Waals surface area contributed by atoms with Crippen LogP contribution in [0, 0.1) is 5.41 Å². The van der Waals surface area contributed by atoms with Gasteiger partial charge in [0.05, 0.1) is 0 Å². The molecule has 1 aliphatic carbocycles. The molecule has 0 bridgehead atoms. The summed E-state index contributed by atoms with van der Waals surface area (Å²) in [5.74, 6) is 3.38. The van der Waals surface area contributed by atoms with Crippen LogP contribution in [0.2, 0.25) is 0 Å². The second-order valence-electron chi connectivity index (χ2n) is 6.95. The van der Waals surface area contributed by atoms with Crippen molar-refractivity contribution in [2.75, 3.05) is 13.1 Å². The molecule has 0 amide bonds. The zero-order valence-corrected chi connectivity index (χ0v) is 15.0. The molecule has 1 saturated carbocycles. The minimum Gasteiger partial charge on any atom is -0.457 e. The number of hydrogen-bond donors (Lipinski definition) is 1. The first-order valence-electron chi connectivity index (χ1n) is 8.70. The Labute approximate surface area is 158 Å². The van der Waals surface area contributed by atoms with E-state index in [0.29, 0.717) is 17.2 Å². The van der Waals surface area contributed by atoms with Gasteiger partial charge in [-0.3, -0.25) is 0 Å². The van der Waals surface area contributed by atoms with Crippen LogP contribution in [0.5, 0.6) is 11.5 Å². The van der Waals surface area contributed by atoms with Gasteiger partial charge in [-0.2, -0.15) is 4.98 Å². The number of ether oxygens (including phenoxy) is 1. The van der Waals surface area contributed by atoms with E-state index in [1.807, 2.05) is 54.6 Å². The van der Waals surface area contributed by atoms with Crippen LogP contribution in [-0.2, 0) is 0 Å². The molecule has 1 aliphatic heterocycles. The van der Waals surface area contributed by atoms with Crippen LogP contribution < -0.4 is 10.1 Å². The molecule has 1 saturated heterocycles. The second kappa shape index (κ2) is 6.74. The highest BCUT2D eigenvalue weighted by Gasteiger charge is 2.58. The van der Waals surface area contributed by atoms with Gasteiger partial charge in [0.2, 0.25) is 11.7 Å². The zero-order valence-electron chi connectivity index (χ0n) is 14.2. The molecule has 2 unspecified atom stereocenters. The van der Waals surface area contributed by atoms with Crippen LogP contribution in [0.15, 0.2) is 59.1 Å². The molecule has 1 aromatic heterocycles. The third kappa shape index (κ3) is 3.08. The van der Waals surface area contributed by atoms with Gasteiger partial charge in [-0.15, -0.1) is 12.4 Å². The number of para-hydroxylation sites is 1. The Kier molecular flexibility index (Phi) is 4.42. The highest BCUT2D eigenvalue weighted by molar-refractivity contribution is 5.85. The topological polar surface area (TPSA) is 60.2 Å². The molecule has 2 fully saturated rings. The molecule has 26 heavy (non-hydrogen) atoms. The van der Waals surface area contributed by atoms with E-state index < -0.39 is 0 Å². The largest absolute Gasteiger partial charge is 0.457 e. The maximum atomic E-state index is 5.89. The normalized spacial score (nSPS) is 23.6. The molecular formula is C20H20ClN3O2. The molecule has 1 spiro atoms. The number of nitrogens with zero attached hydrogens (tertiary/aromatic N) is 2. The average molecular weight is 370 g/mol. The first kappa shape index (κ1) is 17.1. The number of benzene rings is 2. The maximum absolute atomic E-state index is 5.89. The summed E-state index contributed by atoms with van der Waals surface area (Å²) in [6, 6.07) is 17.5. The lowest BCUT2D eigenvalue weighted by Gasteiger charge is -2.06. The van der Waals surface area contributed by atoms with Gasteiger partial charge >= 0.3 is 0 Å². The molecule has 1 N–H and O–H groups in total. The predicted molar refractivity (Wildman–Crippen MR) is 101 cm³/mol. The molecule has 3 aromatic rings. The molecule has 2 atom stereocenters. The fourth-order valence-electron chi connectivity index (χ4n) is 3.75. The van der Waals surface area contributed by atoms with Crippen molar-refractivity contribution in [2.24, 2.45) is 5.41 Å². The van der Waals surface area contributed by atoms with Gasteiger partial charge in [0.1, 0.15) is 11.5 Å². The Hall–Kier alpha value is -2.37. The van der Waals surface area contributed by atoms with E-state index in [2.05, 4.69) is 15.5 Å². The van der Waals surface area contributed by atoms with E-state index in [-0.39, 0.29) is 12.4 Å². The summed E-state index contributed by atoms with van der Waals surface area (Å²) < 4.78 is 11.4. The minimum atomic E-state index is 0. The standard InChI is InChI=1S/C20H19N3O2.ClH/c1-2-6-15(7-3-1)24-16-8-4-5-14(11-16)18-22-19(25-23-18)17-12-20(17)9-10-21-13-20;/h1-8,11,17,21H,9-10,12-13H2;1H. The monoisotopic (exact) mass is 369 g/mol. The number of aromatic nitrogens is 2. The molecule has 5 rings (SSSR count). The Morgan fingerprint density at radius 2 is 1.92 bits per heavy atom. The summed E-state index contributed by atoms with van der Waals surface area (Å²) in [6.07, 6.45) is 2.36. The lowest BCUT2D eigenvalue weighted by atomic mass is 10.0. The van der Waals surface area contributed by atoms with Gasteiger partial charge in [-0.05, 0) is 49.1 Å². The lowest BCUT2D eigenvalue weighted by molar-refractivity contribution is 0.364. The quantitative estimate of drug-likeness (QED) is 0.737. The summed E-state index contributed by atoms with van der Waals surface area (Å²) >= 11 is 0. The molecular weight excluding hydrogens is 350 g/mol. The average Bonchev–Trinajstić information content (AvgIpc) is 3.01. The van der Waals surface area contributed by atoms with Gasteiger partial charge in [0, 0.05) is 18.0 Å². The van der Waals surface area contributed by atoms with Crippen molar-refractivity contribution in [3.05, 3.63) is 60.5 Å². The van der Waals surface area contributed by atoms with E-state index in [9.17, 15) is 0 Å². The fraction of sp³-hybridized carbons (Fsp3) is 0.300. The number of hydrogen-bond acceptors (Lipinski definition) is 5. The first-order chi connectivity index (χ1) is 12.3. The summed E-state index contributed by atoms with van der Waals surface area (Å²) in [7, 11) is 0. The molecule has 5 nitrogen and oxygen atoms in total. The number of halogens is 1. The van der Waals surface area contributed by atoms with Crippen molar-refractivity contribution in [2.45, 2.75) is 18.8 Å². The molecule has 134 valence electrons. The molecule has 2 aromatic carbocycles. The maximum Gasteiger partial charge on any atom is 0.230 e. The third-order valence-electron chi connectivity index (χ3n) is 5.28. The summed E-state index contributed by atoms with van der Waals surface area (Å²) in [5, 5.41) is 7.63. The molecule has 2 aliphatic rings. The van der Waals surface area contributed by atoms with Crippen LogP contribution >= 0.6 is 12.4 Å². The van der Waals surface area contributed by atoms with Crippen LogP contribution in [-0.4, -0.2) is 23.2 Å². The van der Waals surface area contributed by atoms with E-state index >= 15 is 0 Å². The van der Waals surface area contributed by atoms with Crippen molar-refractivity contribution in [1.82, 2.24) is 15.5 Å². The molecule has 0 radical (unpaired) electrons. The lowest BCUT2D eigenvalue weighted by Crippen LogP contribution is -2.10. The van der Waals surface area contributed by atoms with E-state index in [1.54, 1.807) is 0 Å². The predicted octanol–water partition coefficient (Wildman–Crippen LogP) is 4.42. The van der Waals surface area contributed by atoms with E-state index in [4.69, 9.17) is 9.26 Å². The van der Waals surface area contributed by atoms with Crippen molar-refractivity contribution >= 4 is 12.4 Å². The van der Waals surface area contributed by atoms with E-state index in [0.717, 1.165) is 42.5 Å². The number of rotatable bonds is 4. The summed E-state index contributed by atoms with van der Waals surface area (Å²) in [6.45, 7) is 2.16. The SMILES string of the molecule is Cl.c1ccc(Oc2cccc(-c3noc(C4CC45CCNC5)n3)c2)cc1. The third-order valence-corrected chi connectivity index (χ3v) is 5.28.